The molecule has 1 N–H and O–H groups in total. The molecule has 0 fully saturated rings. The average molecular weight is 330 g/mol. The predicted molar refractivity (Wildman–Crippen MR) is 91.8 cm³/mol. The van der Waals surface area contributed by atoms with Crippen molar-refractivity contribution < 1.29 is 4.79 Å². The Labute approximate surface area is 139 Å². The molecule has 0 heterocycles. The molecule has 0 aliphatic rings. The van der Waals surface area contributed by atoms with E-state index in [9.17, 15) is 4.79 Å². The summed E-state index contributed by atoms with van der Waals surface area (Å²) in [5.41, 5.74) is 1.53. The lowest BCUT2D eigenvalue weighted by Gasteiger charge is -2.00. The summed E-state index contributed by atoms with van der Waals surface area (Å²) in [6.07, 6.45) is 2.97. The van der Waals surface area contributed by atoms with E-state index < -0.39 is 0 Å². The fraction of sp³-hybridized carbons (Fsp3) is 0.0556. The van der Waals surface area contributed by atoms with Gasteiger partial charge in [0.15, 0.2) is 0 Å². The van der Waals surface area contributed by atoms with Crippen LogP contribution in [0.15, 0.2) is 54.6 Å². The number of benzene rings is 2. The highest BCUT2D eigenvalue weighted by atomic mass is 35.5. The Morgan fingerprint density at radius 1 is 1.05 bits per heavy atom. The van der Waals surface area contributed by atoms with Gasteiger partial charge in [-0.05, 0) is 30.3 Å². The molecule has 110 valence electrons. The molecule has 0 atom stereocenters. The standard InChI is InChI=1S/C18H13Cl2NO/c19-16-9-4-10-17(20)15(16)11-12-18(22)21-13-5-8-14-6-2-1-3-7-14/h1-4,6-7,9-12H,13H2,(H,21,22)/b12-11+. The molecule has 2 nitrogen and oxygen atoms in total. The third-order valence-corrected chi connectivity index (χ3v) is 3.42. The van der Waals surface area contributed by atoms with E-state index >= 15 is 0 Å². The van der Waals surface area contributed by atoms with Crippen molar-refractivity contribution in [2.75, 3.05) is 6.54 Å². The zero-order valence-corrected chi connectivity index (χ0v) is 13.2. The van der Waals surface area contributed by atoms with Crippen LogP contribution in [0.5, 0.6) is 0 Å². The lowest BCUT2D eigenvalue weighted by atomic mass is 10.2. The summed E-state index contributed by atoms with van der Waals surface area (Å²) in [5, 5.41) is 3.68. The van der Waals surface area contributed by atoms with E-state index in [1.807, 2.05) is 30.3 Å². The molecule has 0 aliphatic heterocycles. The smallest absolute Gasteiger partial charge is 0.244 e. The Hall–Kier alpha value is -2.21. The van der Waals surface area contributed by atoms with E-state index in [1.165, 1.54) is 6.08 Å². The van der Waals surface area contributed by atoms with Gasteiger partial charge in [-0.1, -0.05) is 59.3 Å². The second-order valence-electron chi connectivity index (χ2n) is 4.35. The molecule has 2 rings (SSSR count). The van der Waals surface area contributed by atoms with E-state index in [0.29, 0.717) is 15.6 Å². The van der Waals surface area contributed by atoms with Gasteiger partial charge in [-0.3, -0.25) is 4.79 Å². The number of carbonyl (C=O) groups excluding carboxylic acids is 1. The van der Waals surface area contributed by atoms with Gasteiger partial charge < -0.3 is 5.32 Å². The zero-order valence-electron chi connectivity index (χ0n) is 11.6. The van der Waals surface area contributed by atoms with Crippen molar-refractivity contribution in [2.45, 2.75) is 0 Å². The predicted octanol–water partition coefficient (Wildman–Crippen LogP) is 4.17. The summed E-state index contributed by atoms with van der Waals surface area (Å²) in [7, 11) is 0. The highest BCUT2D eigenvalue weighted by Crippen LogP contribution is 2.25. The van der Waals surface area contributed by atoms with Crippen LogP contribution in [0.1, 0.15) is 11.1 Å². The van der Waals surface area contributed by atoms with Gasteiger partial charge in [-0.25, -0.2) is 0 Å². The van der Waals surface area contributed by atoms with Crippen LogP contribution in [0.25, 0.3) is 6.08 Å². The molecule has 22 heavy (non-hydrogen) atoms. The molecule has 0 aliphatic carbocycles. The molecule has 1 amide bonds. The van der Waals surface area contributed by atoms with Crippen molar-refractivity contribution in [1.29, 1.82) is 0 Å². The lowest BCUT2D eigenvalue weighted by Crippen LogP contribution is -2.20. The van der Waals surface area contributed by atoms with Crippen molar-refractivity contribution in [1.82, 2.24) is 5.32 Å². The summed E-state index contributed by atoms with van der Waals surface area (Å²) < 4.78 is 0. The molecular weight excluding hydrogens is 317 g/mol. The first-order valence-corrected chi connectivity index (χ1v) is 7.36. The minimum absolute atomic E-state index is 0.252. The Balaban J connectivity index is 1.89. The van der Waals surface area contributed by atoms with Crippen LogP contribution in [0.2, 0.25) is 10.0 Å². The Kier molecular flexibility index (Phi) is 6.09. The van der Waals surface area contributed by atoms with Gasteiger partial charge >= 0.3 is 0 Å². The van der Waals surface area contributed by atoms with Crippen molar-refractivity contribution in [3.63, 3.8) is 0 Å². The Morgan fingerprint density at radius 3 is 2.41 bits per heavy atom. The maximum absolute atomic E-state index is 11.7. The molecule has 0 aromatic heterocycles. The number of rotatable bonds is 3. The fourth-order valence-corrected chi connectivity index (χ4v) is 2.21. The second-order valence-corrected chi connectivity index (χ2v) is 5.17. The molecule has 4 heteroatoms. The van der Waals surface area contributed by atoms with Crippen LogP contribution in [-0.2, 0) is 4.79 Å². The summed E-state index contributed by atoms with van der Waals surface area (Å²) in [6.45, 7) is 0.272. The van der Waals surface area contributed by atoms with Crippen LogP contribution >= 0.6 is 23.2 Å². The number of halogens is 2. The van der Waals surface area contributed by atoms with E-state index in [1.54, 1.807) is 24.3 Å². The third-order valence-electron chi connectivity index (χ3n) is 2.76. The summed E-state index contributed by atoms with van der Waals surface area (Å²) in [6, 6.07) is 14.8. The number of carbonyl (C=O) groups is 1. The zero-order chi connectivity index (χ0) is 15.8. The molecule has 0 unspecified atom stereocenters. The van der Waals surface area contributed by atoms with E-state index in [0.717, 1.165) is 5.56 Å². The van der Waals surface area contributed by atoms with Crippen LogP contribution in [0, 0.1) is 11.8 Å². The highest BCUT2D eigenvalue weighted by Gasteiger charge is 2.02. The number of hydrogen-bond donors (Lipinski definition) is 1. The Morgan fingerprint density at radius 2 is 1.73 bits per heavy atom. The molecule has 0 saturated heterocycles. The van der Waals surface area contributed by atoms with Gasteiger partial charge in [-0.15, -0.1) is 0 Å². The van der Waals surface area contributed by atoms with Crippen molar-refractivity contribution in [2.24, 2.45) is 0 Å². The van der Waals surface area contributed by atoms with Crippen LogP contribution in [-0.4, -0.2) is 12.5 Å². The molecule has 0 bridgehead atoms. The molecule has 0 spiro atoms. The van der Waals surface area contributed by atoms with Gasteiger partial charge in [-0.2, -0.15) is 0 Å². The minimum Gasteiger partial charge on any atom is -0.342 e. The molecular formula is C18H13Cl2NO. The maximum Gasteiger partial charge on any atom is 0.244 e. The van der Waals surface area contributed by atoms with Crippen LogP contribution in [0.4, 0.5) is 0 Å². The number of nitrogens with one attached hydrogen (secondary N) is 1. The average Bonchev–Trinajstić information content (AvgIpc) is 2.52. The largest absolute Gasteiger partial charge is 0.342 e. The fourth-order valence-electron chi connectivity index (χ4n) is 1.69. The highest BCUT2D eigenvalue weighted by molar-refractivity contribution is 6.37. The molecule has 0 radical (unpaired) electrons. The third kappa shape index (κ3) is 4.96. The monoisotopic (exact) mass is 329 g/mol. The van der Waals surface area contributed by atoms with Gasteiger partial charge in [0.2, 0.25) is 5.91 Å². The normalized spacial score (nSPS) is 10.1. The lowest BCUT2D eigenvalue weighted by molar-refractivity contribution is -0.116. The quantitative estimate of drug-likeness (QED) is 0.664. The second kappa shape index (κ2) is 8.29. The van der Waals surface area contributed by atoms with Gasteiger partial charge in [0.1, 0.15) is 0 Å². The number of hydrogen-bond acceptors (Lipinski definition) is 1. The molecule has 2 aromatic carbocycles. The topological polar surface area (TPSA) is 29.1 Å². The van der Waals surface area contributed by atoms with E-state index in [-0.39, 0.29) is 12.5 Å². The Bertz CT molecular complexity index is 722. The molecule has 2 aromatic rings. The van der Waals surface area contributed by atoms with Gasteiger partial charge in [0.25, 0.3) is 0 Å². The van der Waals surface area contributed by atoms with Crippen LogP contribution < -0.4 is 5.32 Å². The summed E-state index contributed by atoms with van der Waals surface area (Å²) in [4.78, 5) is 11.7. The van der Waals surface area contributed by atoms with Crippen molar-refractivity contribution in [3.05, 3.63) is 75.8 Å². The van der Waals surface area contributed by atoms with Crippen molar-refractivity contribution >= 4 is 35.2 Å². The number of amides is 1. The molecule has 0 saturated carbocycles. The van der Waals surface area contributed by atoms with Crippen LogP contribution in [0.3, 0.4) is 0 Å². The summed E-state index contributed by atoms with van der Waals surface area (Å²) >= 11 is 12.0. The van der Waals surface area contributed by atoms with Gasteiger partial charge in [0.05, 0.1) is 6.54 Å². The van der Waals surface area contributed by atoms with E-state index in [4.69, 9.17) is 23.2 Å². The SMILES string of the molecule is O=C(/C=C/c1c(Cl)cccc1Cl)NCC#Cc1ccccc1. The van der Waals surface area contributed by atoms with E-state index in [2.05, 4.69) is 17.2 Å². The first kappa shape index (κ1) is 16.2. The van der Waals surface area contributed by atoms with Gasteiger partial charge in [0, 0.05) is 27.2 Å². The first-order chi connectivity index (χ1) is 10.7. The van der Waals surface area contributed by atoms with Crippen molar-refractivity contribution in [3.8, 4) is 11.8 Å². The maximum atomic E-state index is 11.7. The minimum atomic E-state index is -0.252. The first-order valence-electron chi connectivity index (χ1n) is 6.60. The summed E-state index contributed by atoms with van der Waals surface area (Å²) in [5.74, 6) is 5.60.